The lowest BCUT2D eigenvalue weighted by Gasteiger charge is -2.05. The van der Waals surface area contributed by atoms with E-state index in [2.05, 4.69) is 23.8 Å². The van der Waals surface area contributed by atoms with Gasteiger partial charge in [-0.3, -0.25) is 9.97 Å². The molecule has 0 fully saturated rings. The van der Waals surface area contributed by atoms with Crippen LogP contribution in [0.2, 0.25) is 0 Å². The largest absolute Gasteiger partial charge is 0.258 e. The Morgan fingerprint density at radius 2 is 1.92 bits per heavy atom. The quantitative estimate of drug-likeness (QED) is 0.711. The van der Waals surface area contributed by atoms with Crippen LogP contribution in [0, 0.1) is 19.8 Å². The van der Waals surface area contributed by atoms with Crippen molar-refractivity contribution in [3.63, 3.8) is 0 Å². The Morgan fingerprint density at radius 3 is 2.46 bits per heavy atom. The minimum atomic E-state index is 0.739. The molecule has 0 aromatic carbocycles. The van der Waals surface area contributed by atoms with Gasteiger partial charge in [0.05, 0.1) is 17.1 Å². The fraction of sp³-hybridized carbons (Fsp3) is 0.636. The molecule has 0 aliphatic rings. The lowest BCUT2D eigenvalue weighted by molar-refractivity contribution is 0.579. The van der Waals surface area contributed by atoms with E-state index in [1.54, 1.807) is 0 Å². The number of aryl methyl sites for hydroxylation is 3. The van der Waals surface area contributed by atoms with Gasteiger partial charge in [0.25, 0.3) is 0 Å². The highest BCUT2D eigenvalue weighted by atomic mass is 14.8. The van der Waals surface area contributed by atoms with E-state index < -0.39 is 0 Å². The first kappa shape index (κ1) is 10.2. The van der Waals surface area contributed by atoms with E-state index in [0.717, 1.165) is 29.4 Å². The first-order valence-corrected chi connectivity index (χ1v) is 4.88. The zero-order valence-corrected chi connectivity index (χ0v) is 8.96. The summed E-state index contributed by atoms with van der Waals surface area (Å²) >= 11 is 0. The summed E-state index contributed by atoms with van der Waals surface area (Å²) in [6, 6.07) is 0. The summed E-state index contributed by atoms with van der Waals surface area (Å²) in [7, 11) is 0. The molecule has 0 aliphatic carbocycles. The van der Waals surface area contributed by atoms with E-state index in [-0.39, 0.29) is 0 Å². The third-order valence-corrected chi connectivity index (χ3v) is 2.22. The molecular weight excluding hydrogens is 160 g/mol. The predicted octanol–water partition coefficient (Wildman–Crippen LogP) is 2.68. The molecule has 0 bridgehead atoms. The van der Waals surface area contributed by atoms with Gasteiger partial charge in [-0.1, -0.05) is 13.8 Å². The van der Waals surface area contributed by atoms with Crippen molar-refractivity contribution in [3.8, 4) is 0 Å². The van der Waals surface area contributed by atoms with Crippen LogP contribution in [-0.4, -0.2) is 9.97 Å². The number of hydrogen-bond acceptors (Lipinski definition) is 2. The number of aromatic nitrogens is 2. The lowest BCUT2D eigenvalue weighted by Crippen LogP contribution is -1.99. The van der Waals surface area contributed by atoms with Crippen molar-refractivity contribution in [2.45, 2.75) is 40.5 Å². The molecule has 0 saturated heterocycles. The maximum absolute atomic E-state index is 4.48. The van der Waals surface area contributed by atoms with Crippen molar-refractivity contribution < 1.29 is 0 Å². The van der Waals surface area contributed by atoms with Crippen LogP contribution < -0.4 is 0 Å². The molecule has 0 saturated carbocycles. The van der Waals surface area contributed by atoms with Gasteiger partial charge < -0.3 is 0 Å². The second-order valence-corrected chi connectivity index (χ2v) is 3.96. The van der Waals surface area contributed by atoms with Gasteiger partial charge in [-0.15, -0.1) is 0 Å². The van der Waals surface area contributed by atoms with Crippen molar-refractivity contribution in [2.75, 3.05) is 0 Å². The molecule has 2 nitrogen and oxygen atoms in total. The SMILES string of the molecule is Cc1ncc(CCC(C)C)nc1C. The highest BCUT2D eigenvalue weighted by Gasteiger charge is 2.00. The van der Waals surface area contributed by atoms with Crippen LogP contribution in [0.1, 0.15) is 37.4 Å². The van der Waals surface area contributed by atoms with Gasteiger partial charge in [0, 0.05) is 6.20 Å². The van der Waals surface area contributed by atoms with Gasteiger partial charge in [0.15, 0.2) is 0 Å². The van der Waals surface area contributed by atoms with Crippen molar-refractivity contribution >= 4 is 0 Å². The highest BCUT2D eigenvalue weighted by molar-refractivity contribution is 5.10. The number of nitrogens with zero attached hydrogens (tertiary/aromatic N) is 2. The molecule has 0 spiro atoms. The van der Waals surface area contributed by atoms with Crippen molar-refractivity contribution in [1.29, 1.82) is 0 Å². The molecule has 1 rings (SSSR count). The Labute approximate surface area is 80.4 Å². The molecule has 2 heteroatoms. The fourth-order valence-electron chi connectivity index (χ4n) is 1.15. The second-order valence-electron chi connectivity index (χ2n) is 3.96. The molecule has 0 atom stereocenters. The lowest BCUT2D eigenvalue weighted by atomic mass is 10.1. The average Bonchev–Trinajstić information content (AvgIpc) is 2.07. The van der Waals surface area contributed by atoms with Crippen LogP contribution in [0.4, 0.5) is 0 Å². The van der Waals surface area contributed by atoms with Crippen LogP contribution in [0.15, 0.2) is 6.20 Å². The van der Waals surface area contributed by atoms with Gasteiger partial charge in [0.1, 0.15) is 0 Å². The molecular formula is C11H18N2. The monoisotopic (exact) mass is 178 g/mol. The number of hydrogen-bond donors (Lipinski definition) is 0. The zero-order valence-electron chi connectivity index (χ0n) is 8.96. The van der Waals surface area contributed by atoms with Crippen LogP contribution in [0.5, 0.6) is 0 Å². The molecule has 0 unspecified atom stereocenters. The van der Waals surface area contributed by atoms with Gasteiger partial charge in [0.2, 0.25) is 0 Å². The fourth-order valence-corrected chi connectivity index (χ4v) is 1.15. The summed E-state index contributed by atoms with van der Waals surface area (Å²) in [6.07, 6.45) is 4.13. The third kappa shape index (κ3) is 3.13. The summed E-state index contributed by atoms with van der Waals surface area (Å²) in [5, 5.41) is 0. The van der Waals surface area contributed by atoms with E-state index in [0.29, 0.717) is 0 Å². The minimum Gasteiger partial charge on any atom is -0.258 e. The Morgan fingerprint density at radius 1 is 1.23 bits per heavy atom. The van der Waals surface area contributed by atoms with Crippen molar-refractivity contribution in [2.24, 2.45) is 5.92 Å². The Kier molecular flexibility index (Phi) is 3.40. The topological polar surface area (TPSA) is 25.8 Å². The summed E-state index contributed by atoms with van der Waals surface area (Å²) in [4.78, 5) is 8.78. The van der Waals surface area contributed by atoms with E-state index >= 15 is 0 Å². The van der Waals surface area contributed by atoms with Crippen LogP contribution >= 0.6 is 0 Å². The Balaban J connectivity index is 2.63. The normalized spacial score (nSPS) is 10.8. The minimum absolute atomic E-state index is 0.739. The molecule has 0 aliphatic heterocycles. The Bertz CT molecular complexity index is 279. The molecule has 1 aromatic heterocycles. The van der Waals surface area contributed by atoms with E-state index in [1.165, 1.54) is 6.42 Å². The van der Waals surface area contributed by atoms with Crippen molar-refractivity contribution in [1.82, 2.24) is 9.97 Å². The molecule has 0 N–H and O–H groups in total. The summed E-state index contributed by atoms with van der Waals surface area (Å²) in [5.74, 6) is 0.739. The summed E-state index contributed by atoms with van der Waals surface area (Å²) < 4.78 is 0. The molecule has 13 heavy (non-hydrogen) atoms. The van der Waals surface area contributed by atoms with Gasteiger partial charge in [-0.05, 0) is 32.6 Å². The first-order chi connectivity index (χ1) is 6.09. The smallest absolute Gasteiger partial charge is 0.0590 e. The summed E-state index contributed by atoms with van der Waals surface area (Å²) in [5.41, 5.74) is 3.21. The molecule has 1 aromatic rings. The average molecular weight is 178 g/mol. The standard InChI is InChI=1S/C11H18N2/c1-8(2)5-6-11-7-12-9(3)10(4)13-11/h7-8H,5-6H2,1-4H3. The van der Waals surface area contributed by atoms with Crippen molar-refractivity contribution in [3.05, 3.63) is 23.3 Å². The Hall–Kier alpha value is -0.920. The van der Waals surface area contributed by atoms with Crippen LogP contribution in [0.3, 0.4) is 0 Å². The van der Waals surface area contributed by atoms with Crippen LogP contribution in [0.25, 0.3) is 0 Å². The van der Waals surface area contributed by atoms with Gasteiger partial charge in [-0.25, -0.2) is 0 Å². The predicted molar refractivity (Wildman–Crippen MR) is 54.7 cm³/mol. The zero-order chi connectivity index (χ0) is 9.84. The van der Waals surface area contributed by atoms with Gasteiger partial charge in [-0.2, -0.15) is 0 Å². The third-order valence-electron chi connectivity index (χ3n) is 2.22. The van der Waals surface area contributed by atoms with Gasteiger partial charge >= 0.3 is 0 Å². The van der Waals surface area contributed by atoms with Crippen LogP contribution in [-0.2, 0) is 6.42 Å². The first-order valence-electron chi connectivity index (χ1n) is 4.88. The molecule has 0 radical (unpaired) electrons. The summed E-state index contributed by atoms with van der Waals surface area (Å²) in [6.45, 7) is 8.47. The van der Waals surface area contributed by atoms with E-state index in [1.807, 2.05) is 20.0 Å². The maximum Gasteiger partial charge on any atom is 0.0590 e. The molecule has 1 heterocycles. The molecule has 0 amide bonds. The highest BCUT2D eigenvalue weighted by Crippen LogP contribution is 2.07. The maximum atomic E-state index is 4.48. The van der Waals surface area contributed by atoms with E-state index in [4.69, 9.17) is 0 Å². The van der Waals surface area contributed by atoms with E-state index in [9.17, 15) is 0 Å². The molecule has 72 valence electrons. The number of rotatable bonds is 3. The second kappa shape index (κ2) is 4.35.